The van der Waals surface area contributed by atoms with E-state index in [9.17, 15) is 9.59 Å². The number of ether oxygens (including phenoxy) is 3. The van der Waals surface area contributed by atoms with E-state index in [0.717, 1.165) is 15.7 Å². The van der Waals surface area contributed by atoms with E-state index < -0.39 is 18.5 Å². The Morgan fingerprint density at radius 3 is 2.66 bits per heavy atom. The van der Waals surface area contributed by atoms with Crippen LogP contribution in [0.2, 0.25) is 0 Å². The van der Waals surface area contributed by atoms with E-state index in [2.05, 4.69) is 26.2 Å². The standard InChI is InChI=1S/C20H17BrN2O5S/c1-26-16-8-4-7-14(18(16)27-2)19(25)28-10-17(24)23-20-22-15(11-29-20)12-5-3-6-13(21)9-12/h3-9,11H,10H2,1-2H3,(H,22,23,24). The fourth-order valence-corrected chi connectivity index (χ4v) is 3.66. The second-order valence-electron chi connectivity index (χ2n) is 5.71. The van der Waals surface area contributed by atoms with Crippen molar-refractivity contribution in [1.82, 2.24) is 4.98 Å². The number of para-hydroxylation sites is 1. The number of nitrogens with one attached hydrogen (secondary N) is 1. The molecule has 0 saturated heterocycles. The number of thiazole rings is 1. The van der Waals surface area contributed by atoms with Crippen molar-refractivity contribution in [2.24, 2.45) is 0 Å². The summed E-state index contributed by atoms with van der Waals surface area (Å²) in [6.07, 6.45) is 0. The average molecular weight is 477 g/mol. The molecule has 0 unspecified atom stereocenters. The molecule has 0 aliphatic carbocycles. The SMILES string of the molecule is COc1cccc(C(=O)OCC(=O)Nc2nc(-c3cccc(Br)c3)cs2)c1OC. The Bertz CT molecular complexity index is 1040. The van der Waals surface area contributed by atoms with E-state index >= 15 is 0 Å². The summed E-state index contributed by atoms with van der Waals surface area (Å²) in [5.41, 5.74) is 1.84. The fourth-order valence-electron chi connectivity index (χ4n) is 2.52. The fraction of sp³-hybridized carbons (Fsp3) is 0.150. The number of anilines is 1. The van der Waals surface area contributed by atoms with Crippen LogP contribution in [-0.2, 0) is 9.53 Å². The smallest absolute Gasteiger partial charge is 0.342 e. The molecule has 0 radical (unpaired) electrons. The number of methoxy groups -OCH3 is 2. The van der Waals surface area contributed by atoms with Gasteiger partial charge in [-0.2, -0.15) is 0 Å². The van der Waals surface area contributed by atoms with Crippen LogP contribution in [0, 0.1) is 0 Å². The van der Waals surface area contributed by atoms with Gasteiger partial charge in [0.1, 0.15) is 5.56 Å². The van der Waals surface area contributed by atoms with E-state index in [-0.39, 0.29) is 11.3 Å². The van der Waals surface area contributed by atoms with Crippen LogP contribution in [0.15, 0.2) is 52.3 Å². The highest BCUT2D eigenvalue weighted by molar-refractivity contribution is 9.10. The molecule has 0 bridgehead atoms. The Balaban J connectivity index is 1.60. The molecule has 150 valence electrons. The van der Waals surface area contributed by atoms with Crippen LogP contribution in [0.4, 0.5) is 5.13 Å². The third-order valence-corrected chi connectivity index (χ3v) is 5.08. The quantitative estimate of drug-likeness (QED) is 0.509. The maximum atomic E-state index is 12.3. The largest absolute Gasteiger partial charge is 0.493 e. The van der Waals surface area contributed by atoms with Gasteiger partial charge in [0.25, 0.3) is 5.91 Å². The number of carbonyl (C=O) groups excluding carboxylic acids is 2. The Labute approximate surface area is 179 Å². The summed E-state index contributed by atoms with van der Waals surface area (Å²) in [5, 5.41) is 4.88. The first kappa shape index (κ1) is 20.8. The molecule has 0 aliphatic heterocycles. The normalized spacial score (nSPS) is 10.3. The Morgan fingerprint density at radius 2 is 1.93 bits per heavy atom. The van der Waals surface area contributed by atoms with Crippen molar-refractivity contribution in [3.8, 4) is 22.8 Å². The molecule has 0 saturated carbocycles. The maximum Gasteiger partial charge on any atom is 0.342 e. The number of halogens is 1. The molecule has 1 amide bonds. The van der Waals surface area contributed by atoms with Crippen LogP contribution in [0.25, 0.3) is 11.3 Å². The van der Waals surface area contributed by atoms with Crippen molar-refractivity contribution in [2.45, 2.75) is 0 Å². The molecule has 3 rings (SSSR count). The van der Waals surface area contributed by atoms with Gasteiger partial charge in [0.2, 0.25) is 0 Å². The highest BCUT2D eigenvalue weighted by Crippen LogP contribution is 2.31. The van der Waals surface area contributed by atoms with E-state index in [4.69, 9.17) is 14.2 Å². The molecule has 1 aromatic heterocycles. The minimum absolute atomic E-state index is 0.172. The van der Waals surface area contributed by atoms with E-state index in [1.807, 2.05) is 29.6 Å². The van der Waals surface area contributed by atoms with Gasteiger partial charge in [0, 0.05) is 15.4 Å². The molecule has 3 aromatic rings. The van der Waals surface area contributed by atoms with Gasteiger partial charge >= 0.3 is 5.97 Å². The average Bonchev–Trinajstić information content (AvgIpc) is 3.19. The lowest BCUT2D eigenvalue weighted by Crippen LogP contribution is -2.21. The summed E-state index contributed by atoms with van der Waals surface area (Å²) in [5.74, 6) is -0.534. The number of esters is 1. The number of hydrogen-bond acceptors (Lipinski definition) is 7. The lowest BCUT2D eigenvalue weighted by atomic mass is 10.2. The first-order valence-corrected chi connectivity index (χ1v) is 10.1. The minimum Gasteiger partial charge on any atom is -0.493 e. The van der Waals surface area contributed by atoms with E-state index in [1.54, 1.807) is 12.1 Å². The molecule has 1 heterocycles. The third-order valence-electron chi connectivity index (χ3n) is 3.83. The molecule has 0 spiro atoms. The molecule has 0 atom stereocenters. The highest BCUT2D eigenvalue weighted by Gasteiger charge is 2.19. The second-order valence-corrected chi connectivity index (χ2v) is 7.49. The van der Waals surface area contributed by atoms with Gasteiger partial charge in [-0.25, -0.2) is 9.78 Å². The number of rotatable bonds is 7. The molecule has 29 heavy (non-hydrogen) atoms. The zero-order valence-electron chi connectivity index (χ0n) is 15.6. The summed E-state index contributed by atoms with van der Waals surface area (Å²) < 4.78 is 16.4. The van der Waals surface area contributed by atoms with Crippen molar-refractivity contribution in [1.29, 1.82) is 0 Å². The zero-order chi connectivity index (χ0) is 20.8. The number of amides is 1. The summed E-state index contributed by atoms with van der Waals surface area (Å²) in [6, 6.07) is 12.5. The highest BCUT2D eigenvalue weighted by atomic mass is 79.9. The Hall–Kier alpha value is -2.91. The summed E-state index contributed by atoms with van der Waals surface area (Å²) in [4.78, 5) is 28.8. The number of aromatic nitrogens is 1. The van der Waals surface area contributed by atoms with E-state index in [0.29, 0.717) is 10.9 Å². The molecule has 2 aromatic carbocycles. The molecule has 9 heteroatoms. The first-order chi connectivity index (χ1) is 14.0. The molecule has 7 nitrogen and oxygen atoms in total. The number of benzene rings is 2. The summed E-state index contributed by atoms with van der Waals surface area (Å²) in [6.45, 7) is -0.453. The van der Waals surface area contributed by atoms with Gasteiger partial charge in [0.15, 0.2) is 23.2 Å². The van der Waals surface area contributed by atoms with Gasteiger partial charge in [-0.05, 0) is 24.3 Å². The molecular weight excluding hydrogens is 460 g/mol. The molecular formula is C20H17BrN2O5S. The van der Waals surface area contributed by atoms with Gasteiger partial charge in [-0.15, -0.1) is 11.3 Å². The molecule has 1 N–H and O–H groups in total. The summed E-state index contributed by atoms with van der Waals surface area (Å²) >= 11 is 4.70. The number of hydrogen-bond donors (Lipinski definition) is 1. The molecule has 0 fully saturated rings. The van der Waals surface area contributed by atoms with Gasteiger partial charge < -0.3 is 14.2 Å². The zero-order valence-corrected chi connectivity index (χ0v) is 18.0. The van der Waals surface area contributed by atoms with Gasteiger partial charge in [-0.1, -0.05) is 34.1 Å². The topological polar surface area (TPSA) is 86.8 Å². The minimum atomic E-state index is -0.690. The maximum absolute atomic E-state index is 12.3. The predicted octanol–water partition coefficient (Wildman–Crippen LogP) is 4.39. The lowest BCUT2D eigenvalue weighted by molar-refractivity contribution is -0.119. The first-order valence-electron chi connectivity index (χ1n) is 8.41. The second kappa shape index (κ2) is 9.53. The van der Waals surface area contributed by atoms with Gasteiger partial charge in [0.05, 0.1) is 19.9 Å². The van der Waals surface area contributed by atoms with Crippen molar-refractivity contribution in [3.05, 3.63) is 57.9 Å². The van der Waals surface area contributed by atoms with Crippen LogP contribution in [0.5, 0.6) is 11.5 Å². The van der Waals surface area contributed by atoms with Crippen LogP contribution in [0.3, 0.4) is 0 Å². The van der Waals surface area contributed by atoms with Crippen LogP contribution < -0.4 is 14.8 Å². The predicted molar refractivity (Wildman–Crippen MR) is 114 cm³/mol. The third kappa shape index (κ3) is 5.12. The monoisotopic (exact) mass is 476 g/mol. The Kier molecular flexibility index (Phi) is 6.84. The van der Waals surface area contributed by atoms with Crippen molar-refractivity contribution < 1.29 is 23.8 Å². The van der Waals surface area contributed by atoms with Crippen molar-refractivity contribution in [3.63, 3.8) is 0 Å². The van der Waals surface area contributed by atoms with E-state index in [1.165, 1.54) is 31.6 Å². The van der Waals surface area contributed by atoms with Crippen LogP contribution in [0.1, 0.15) is 10.4 Å². The lowest BCUT2D eigenvalue weighted by Gasteiger charge is -2.11. The van der Waals surface area contributed by atoms with Crippen molar-refractivity contribution >= 4 is 44.3 Å². The van der Waals surface area contributed by atoms with Crippen molar-refractivity contribution in [2.75, 3.05) is 26.1 Å². The summed E-state index contributed by atoms with van der Waals surface area (Å²) in [7, 11) is 2.89. The van der Waals surface area contributed by atoms with Crippen LogP contribution >= 0.6 is 27.3 Å². The van der Waals surface area contributed by atoms with Crippen LogP contribution in [-0.4, -0.2) is 37.7 Å². The van der Waals surface area contributed by atoms with Gasteiger partial charge in [-0.3, -0.25) is 10.1 Å². The number of nitrogens with zero attached hydrogens (tertiary/aromatic N) is 1. The molecule has 0 aliphatic rings. The number of carbonyl (C=O) groups is 2. The Morgan fingerprint density at radius 1 is 1.14 bits per heavy atom.